The van der Waals surface area contributed by atoms with E-state index in [0.717, 1.165) is 5.56 Å². The monoisotopic (exact) mass is 279 g/mol. The van der Waals surface area contributed by atoms with Crippen molar-refractivity contribution >= 4 is 17.4 Å². The Kier molecular flexibility index (Phi) is 4.32. The Hall–Kier alpha value is -1.68. The first-order valence-corrected chi connectivity index (χ1v) is 6.49. The Balaban J connectivity index is 2.27. The zero-order chi connectivity index (χ0) is 13.8. The summed E-state index contributed by atoms with van der Waals surface area (Å²) in [6, 6.07) is 7.46. The Bertz CT molecular complexity index is 570. The first-order valence-electron chi connectivity index (χ1n) is 6.11. The SMILES string of the molecule is CCNc1nc(Cc2ccc(Cl)cc2)nc(C)c1F. The topological polar surface area (TPSA) is 37.8 Å². The second kappa shape index (κ2) is 5.97. The predicted octanol–water partition coefficient (Wildman–Crippen LogP) is 3.60. The summed E-state index contributed by atoms with van der Waals surface area (Å²) in [6.45, 7) is 4.16. The highest BCUT2D eigenvalue weighted by atomic mass is 35.5. The summed E-state index contributed by atoms with van der Waals surface area (Å²) >= 11 is 5.84. The molecule has 0 saturated heterocycles. The number of nitrogens with zero attached hydrogens (tertiary/aromatic N) is 2. The summed E-state index contributed by atoms with van der Waals surface area (Å²) in [4.78, 5) is 8.38. The van der Waals surface area contributed by atoms with Crippen LogP contribution in [-0.4, -0.2) is 16.5 Å². The molecule has 1 aromatic carbocycles. The minimum absolute atomic E-state index is 0.263. The molecule has 1 aromatic heterocycles. The third kappa shape index (κ3) is 3.41. The van der Waals surface area contributed by atoms with E-state index < -0.39 is 0 Å². The number of anilines is 1. The van der Waals surface area contributed by atoms with Crippen molar-refractivity contribution in [3.05, 3.63) is 52.2 Å². The lowest BCUT2D eigenvalue weighted by Crippen LogP contribution is -2.09. The lowest BCUT2D eigenvalue weighted by atomic mass is 10.1. The van der Waals surface area contributed by atoms with Gasteiger partial charge in [0.25, 0.3) is 0 Å². The molecule has 2 rings (SSSR count). The highest BCUT2D eigenvalue weighted by Crippen LogP contribution is 2.16. The van der Waals surface area contributed by atoms with Crippen LogP contribution in [0.4, 0.5) is 10.2 Å². The zero-order valence-corrected chi connectivity index (χ0v) is 11.6. The highest BCUT2D eigenvalue weighted by Gasteiger charge is 2.11. The molecule has 0 radical (unpaired) electrons. The van der Waals surface area contributed by atoms with Gasteiger partial charge >= 0.3 is 0 Å². The highest BCUT2D eigenvalue weighted by molar-refractivity contribution is 6.30. The van der Waals surface area contributed by atoms with Crippen LogP contribution >= 0.6 is 11.6 Å². The van der Waals surface area contributed by atoms with Gasteiger partial charge in [0.2, 0.25) is 0 Å². The standard InChI is InChI=1S/C14H15ClFN3/c1-3-17-14-13(16)9(2)18-12(19-14)8-10-4-6-11(15)7-5-10/h4-7H,3,8H2,1-2H3,(H,17,18,19). The van der Waals surface area contributed by atoms with Crippen LogP contribution in [0.2, 0.25) is 5.02 Å². The summed E-state index contributed by atoms with van der Waals surface area (Å²) in [5.74, 6) is 0.470. The average Bonchev–Trinajstić information content (AvgIpc) is 2.38. The van der Waals surface area contributed by atoms with Crippen molar-refractivity contribution in [2.45, 2.75) is 20.3 Å². The molecule has 2 aromatic rings. The number of halogens is 2. The number of benzene rings is 1. The van der Waals surface area contributed by atoms with Crippen LogP contribution < -0.4 is 5.32 Å². The van der Waals surface area contributed by atoms with E-state index in [-0.39, 0.29) is 11.6 Å². The van der Waals surface area contributed by atoms with Gasteiger partial charge in [-0.3, -0.25) is 0 Å². The Morgan fingerprint density at radius 1 is 1.21 bits per heavy atom. The Morgan fingerprint density at radius 3 is 2.53 bits per heavy atom. The minimum Gasteiger partial charge on any atom is -0.368 e. The van der Waals surface area contributed by atoms with Crippen LogP contribution in [-0.2, 0) is 6.42 Å². The number of nitrogens with one attached hydrogen (secondary N) is 1. The van der Waals surface area contributed by atoms with Crippen LogP contribution in [0.5, 0.6) is 0 Å². The van der Waals surface area contributed by atoms with E-state index in [1.807, 2.05) is 31.2 Å². The molecule has 0 aliphatic rings. The summed E-state index contributed by atoms with van der Waals surface area (Å²) in [5, 5.41) is 3.59. The molecule has 0 aliphatic heterocycles. The molecule has 1 heterocycles. The van der Waals surface area contributed by atoms with Gasteiger partial charge in [0.15, 0.2) is 11.6 Å². The zero-order valence-electron chi connectivity index (χ0n) is 10.9. The molecule has 0 fully saturated rings. The second-order valence-corrected chi connectivity index (χ2v) is 4.66. The molecule has 0 aliphatic carbocycles. The van der Waals surface area contributed by atoms with Gasteiger partial charge in [-0.25, -0.2) is 14.4 Å². The molecular formula is C14H15ClFN3. The maximum Gasteiger partial charge on any atom is 0.186 e. The summed E-state index contributed by atoms with van der Waals surface area (Å²) < 4.78 is 13.8. The maximum absolute atomic E-state index is 13.8. The van der Waals surface area contributed by atoms with Gasteiger partial charge in [0, 0.05) is 18.0 Å². The van der Waals surface area contributed by atoms with Gasteiger partial charge in [-0.2, -0.15) is 0 Å². The molecule has 0 bridgehead atoms. The predicted molar refractivity (Wildman–Crippen MR) is 75.1 cm³/mol. The molecule has 3 nitrogen and oxygen atoms in total. The molecule has 0 saturated carbocycles. The van der Waals surface area contributed by atoms with Crippen molar-refractivity contribution in [2.75, 3.05) is 11.9 Å². The molecular weight excluding hydrogens is 265 g/mol. The molecule has 1 N–H and O–H groups in total. The molecule has 0 amide bonds. The van der Waals surface area contributed by atoms with Gasteiger partial charge in [0.1, 0.15) is 5.82 Å². The third-order valence-corrected chi connectivity index (χ3v) is 2.93. The quantitative estimate of drug-likeness (QED) is 0.929. The van der Waals surface area contributed by atoms with E-state index in [1.54, 1.807) is 6.92 Å². The van der Waals surface area contributed by atoms with Gasteiger partial charge < -0.3 is 5.32 Å². The van der Waals surface area contributed by atoms with Crippen molar-refractivity contribution in [1.82, 2.24) is 9.97 Å². The second-order valence-electron chi connectivity index (χ2n) is 4.22. The van der Waals surface area contributed by atoms with Gasteiger partial charge in [0.05, 0.1) is 5.69 Å². The fourth-order valence-corrected chi connectivity index (χ4v) is 1.89. The van der Waals surface area contributed by atoms with Crippen LogP contribution in [0.3, 0.4) is 0 Å². The lowest BCUT2D eigenvalue weighted by molar-refractivity contribution is 0.601. The van der Waals surface area contributed by atoms with E-state index in [0.29, 0.717) is 29.5 Å². The maximum atomic E-state index is 13.8. The minimum atomic E-state index is -0.387. The van der Waals surface area contributed by atoms with Crippen molar-refractivity contribution in [3.8, 4) is 0 Å². The van der Waals surface area contributed by atoms with E-state index in [1.165, 1.54) is 0 Å². The normalized spacial score (nSPS) is 10.5. The van der Waals surface area contributed by atoms with Crippen molar-refractivity contribution in [2.24, 2.45) is 0 Å². The third-order valence-electron chi connectivity index (χ3n) is 2.68. The largest absolute Gasteiger partial charge is 0.368 e. The molecule has 0 atom stereocenters. The summed E-state index contributed by atoms with van der Waals surface area (Å²) in [6.07, 6.45) is 0.552. The number of aryl methyl sites for hydroxylation is 1. The summed E-state index contributed by atoms with van der Waals surface area (Å²) in [7, 11) is 0. The fraction of sp³-hybridized carbons (Fsp3) is 0.286. The van der Waals surface area contributed by atoms with E-state index in [9.17, 15) is 4.39 Å². The molecule has 19 heavy (non-hydrogen) atoms. The average molecular weight is 280 g/mol. The fourth-order valence-electron chi connectivity index (χ4n) is 1.77. The van der Waals surface area contributed by atoms with Crippen LogP contribution in [0.15, 0.2) is 24.3 Å². The number of hydrogen-bond donors (Lipinski definition) is 1. The first kappa shape index (κ1) is 13.7. The van der Waals surface area contributed by atoms with Crippen molar-refractivity contribution in [3.63, 3.8) is 0 Å². The summed E-state index contributed by atoms with van der Waals surface area (Å²) in [5.41, 5.74) is 1.40. The van der Waals surface area contributed by atoms with Crippen LogP contribution in [0.25, 0.3) is 0 Å². The lowest BCUT2D eigenvalue weighted by Gasteiger charge is -2.08. The molecule has 100 valence electrons. The van der Waals surface area contributed by atoms with Gasteiger partial charge in [-0.05, 0) is 31.5 Å². The number of rotatable bonds is 4. The van der Waals surface area contributed by atoms with Gasteiger partial charge in [-0.15, -0.1) is 0 Å². The van der Waals surface area contributed by atoms with E-state index >= 15 is 0 Å². The number of hydrogen-bond acceptors (Lipinski definition) is 3. The molecule has 5 heteroatoms. The van der Waals surface area contributed by atoms with Crippen molar-refractivity contribution < 1.29 is 4.39 Å². The van der Waals surface area contributed by atoms with E-state index in [2.05, 4.69) is 15.3 Å². The number of aromatic nitrogens is 2. The first-order chi connectivity index (χ1) is 9.10. The Morgan fingerprint density at radius 2 is 1.89 bits per heavy atom. The Labute approximate surface area is 116 Å². The van der Waals surface area contributed by atoms with Gasteiger partial charge in [-0.1, -0.05) is 23.7 Å². The van der Waals surface area contributed by atoms with Crippen LogP contribution in [0.1, 0.15) is 24.0 Å². The van der Waals surface area contributed by atoms with Crippen molar-refractivity contribution in [1.29, 1.82) is 0 Å². The van der Waals surface area contributed by atoms with Crippen LogP contribution in [0, 0.1) is 12.7 Å². The van der Waals surface area contributed by atoms with E-state index in [4.69, 9.17) is 11.6 Å². The molecule has 0 unspecified atom stereocenters. The molecule has 0 spiro atoms. The smallest absolute Gasteiger partial charge is 0.186 e.